The van der Waals surface area contributed by atoms with Gasteiger partial charge < -0.3 is 10.1 Å². The van der Waals surface area contributed by atoms with Crippen LogP contribution in [0.2, 0.25) is 0 Å². The number of aromatic nitrogens is 3. The third kappa shape index (κ3) is 3.84. The summed E-state index contributed by atoms with van der Waals surface area (Å²) in [7, 11) is 1.57. The van der Waals surface area contributed by atoms with Crippen LogP contribution in [-0.4, -0.2) is 28.0 Å². The lowest BCUT2D eigenvalue weighted by Gasteiger charge is -2.09. The molecule has 0 atom stereocenters. The van der Waals surface area contributed by atoms with E-state index >= 15 is 0 Å². The minimum Gasteiger partial charge on any atom is -0.496 e. The molecule has 4 rings (SSSR count). The Morgan fingerprint density at radius 1 is 1.07 bits per heavy atom. The molecule has 0 aliphatic heterocycles. The number of aryl methyl sites for hydroxylation is 1. The number of rotatable bonds is 4. The van der Waals surface area contributed by atoms with Crippen LogP contribution in [0.4, 0.5) is 10.1 Å². The summed E-state index contributed by atoms with van der Waals surface area (Å²) in [4.78, 5) is 14.1. The van der Waals surface area contributed by atoms with Crippen LogP contribution < -0.4 is 10.1 Å². The molecule has 4 aromatic rings. The first-order chi connectivity index (χ1) is 13.9. The van der Waals surface area contributed by atoms with E-state index in [4.69, 9.17) is 4.74 Å². The van der Waals surface area contributed by atoms with Crippen molar-refractivity contribution in [3.05, 3.63) is 76.0 Å². The standard InChI is InChI=1S/C21H16BrFN4O2/c1-12-9-18-19(26-27(25-18)15-6-4-14(23)5-7-15)11-17(12)24-21(28)13-3-8-20(29-2)16(22)10-13/h3-11H,1-2H3,(H,24,28). The Morgan fingerprint density at radius 2 is 1.76 bits per heavy atom. The van der Waals surface area contributed by atoms with Crippen molar-refractivity contribution < 1.29 is 13.9 Å². The molecular formula is C21H16BrFN4O2. The lowest BCUT2D eigenvalue weighted by Crippen LogP contribution is -2.12. The van der Waals surface area contributed by atoms with Gasteiger partial charge in [-0.2, -0.15) is 4.80 Å². The second-order valence-corrected chi connectivity index (χ2v) is 7.28. The number of halogens is 2. The predicted molar refractivity (Wildman–Crippen MR) is 112 cm³/mol. The molecule has 0 fully saturated rings. The van der Waals surface area contributed by atoms with Gasteiger partial charge in [0.15, 0.2) is 0 Å². The fourth-order valence-corrected chi connectivity index (χ4v) is 3.44. The summed E-state index contributed by atoms with van der Waals surface area (Å²) >= 11 is 3.39. The molecule has 3 aromatic carbocycles. The molecule has 0 saturated carbocycles. The van der Waals surface area contributed by atoms with Crippen molar-refractivity contribution in [1.82, 2.24) is 15.0 Å². The fourth-order valence-electron chi connectivity index (χ4n) is 2.89. The van der Waals surface area contributed by atoms with Gasteiger partial charge in [-0.3, -0.25) is 4.79 Å². The summed E-state index contributed by atoms with van der Waals surface area (Å²) in [6.07, 6.45) is 0. The zero-order valence-corrected chi connectivity index (χ0v) is 17.2. The van der Waals surface area contributed by atoms with Crippen molar-refractivity contribution in [3.8, 4) is 11.4 Å². The van der Waals surface area contributed by atoms with Crippen LogP contribution in [-0.2, 0) is 0 Å². The van der Waals surface area contributed by atoms with Crippen LogP contribution in [0.3, 0.4) is 0 Å². The van der Waals surface area contributed by atoms with Crippen LogP contribution in [0.5, 0.6) is 5.75 Å². The summed E-state index contributed by atoms with van der Waals surface area (Å²) in [5.74, 6) is 0.0785. The molecule has 146 valence electrons. The number of nitrogens with one attached hydrogen (secondary N) is 1. The van der Waals surface area contributed by atoms with E-state index in [0.29, 0.717) is 38.2 Å². The Morgan fingerprint density at radius 3 is 2.41 bits per heavy atom. The highest BCUT2D eigenvalue weighted by atomic mass is 79.9. The van der Waals surface area contributed by atoms with E-state index < -0.39 is 0 Å². The van der Waals surface area contributed by atoms with Gasteiger partial charge in [0.05, 0.1) is 17.3 Å². The number of amides is 1. The number of nitrogens with zero attached hydrogens (tertiary/aromatic N) is 3. The average Bonchev–Trinajstić information content (AvgIpc) is 3.11. The number of methoxy groups -OCH3 is 1. The first-order valence-electron chi connectivity index (χ1n) is 8.73. The predicted octanol–water partition coefficient (Wildman–Crippen LogP) is 4.89. The van der Waals surface area contributed by atoms with Crippen LogP contribution in [0.1, 0.15) is 15.9 Å². The van der Waals surface area contributed by atoms with E-state index in [0.717, 1.165) is 5.56 Å². The van der Waals surface area contributed by atoms with Gasteiger partial charge in [-0.1, -0.05) is 0 Å². The lowest BCUT2D eigenvalue weighted by molar-refractivity contribution is 0.102. The maximum atomic E-state index is 13.1. The highest BCUT2D eigenvalue weighted by Crippen LogP contribution is 2.27. The fraction of sp³-hybridized carbons (Fsp3) is 0.0952. The number of ether oxygens (including phenoxy) is 1. The number of anilines is 1. The number of hydrogen-bond acceptors (Lipinski definition) is 4. The van der Waals surface area contributed by atoms with Gasteiger partial charge in [-0.15, -0.1) is 10.2 Å². The smallest absolute Gasteiger partial charge is 0.255 e. The van der Waals surface area contributed by atoms with E-state index in [1.165, 1.54) is 16.9 Å². The van der Waals surface area contributed by atoms with Gasteiger partial charge in [0.1, 0.15) is 22.6 Å². The van der Waals surface area contributed by atoms with E-state index in [-0.39, 0.29) is 11.7 Å². The zero-order valence-electron chi connectivity index (χ0n) is 15.6. The molecule has 29 heavy (non-hydrogen) atoms. The first kappa shape index (κ1) is 19.1. The van der Waals surface area contributed by atoms with Crippen LogP contribution in [0, 0.1) is 12.7 Å². The van der Waals surface area contributed by atoms with Crippen molar-refractivity contribution in [2.45, 2.75) is 6.92 Å². The summed E-state index contributed by atoms with van der Waals surface area (Å²) < 4.78 is 19.0. The highest BCUT2D eigenvalue weighted by molar-refractivity contribution is 9.10. The molecule has 0 spiro atoms. The quantitative estimate of drug-likeness (QED) is 0.476. The highest BCUT2D eigenvalue weighted by Gasteiger charge is 2.13. The lowest BCUT2D eigenvalue weighted by atomic mass is 10.1. The molecule has 0 saturated heterocycles. The minimum absolute atomic E-state index is 0.248. The maximum absolute atomic E-state index is 13.1. The number of carbonyl (C=O) groups is 1. The van der Waals surface area contributed by atoms with Crippen LogP contribution in [0.25, 0.3) is 16.7 Å². The van der Waals surface area contributed by atoms with Crippen molar-refractivity contribution >= 4 is 38.6 Å². The largest absolute Gasteiger partial charge is 0.496 e. The molecule has 1 heterocycles. The molecule has 1 N–H and O–H groups in total. The number of carbonyl (C=O) groups excluding carboxylic acids is 1. The van der Waals surface area contributed by atoms with Crippen molar-refractivity contribution in [3.63, 3.8) is 0 Å². The molecule has 0 aliphatic rings. The Labute approximate surface area is 174 Å². The van der Waals surface area contributed by atoms with Gasteiger partial charge in [-0.25, -0.2) is 4.39 Å². The Bertz CT molecular complexity index is 1220. The Hall–Kier alpha value is -3.26. The van der Waals surface area contributed by atoms with Crippen LogP contribution >= 0.6 is 15.9 Å². The molecule has 0 aliphatic carbocycles. The number of benzene rings is 3. The van der Waals surface area contributed by atoms with Gasteiger partial charge in [0.2, 0.25) is 0 Å². The van der Waals surface area contributed by atoms with Crippen molar-refractivity contribution in [1.29, 1.82) is 0 Å². The summed E-state index contributed by atoms with van der Waals surface area (Å²) in [5.41, 5.74) is 3.93. The number of hydrogen-bond donors (Lipinski definition) is 1. The Balaban J connectivity index is 1.63. The molecule has 0 unspecified atom stereocenters. The molecule has 0 radical (unpaired) electrons. The molecule has 1 aromatic heterocycles. The Kier molecular flexibility index (Phi) is 5.02. The van der Waals surface area contributed by atoms with Crippen LogP contribution in [0.15, 0.2) is 59.1 Å². The second-order valence-electron chi connectivity index (χ2n) is 6.43. The maximum Gasteiger partial charge on any atom is 0.255 e. The topological polar surface area (TPSA) is 69.0 Å². The normalized spacial score (nSPS) is 10.9. The third-order valence-electron chi connectivity index (χ3n) is 4.45. The average molecular weight is 455 g/mol. The van der Waals surface area contributed by atoms with Gasteiger partial charge in [-0.05, 0) is 83.0 Å². The molecular weight excluding hydrogens is 439 g/mol. The summed E-state index contributed by atoms with van der Waals surface area (Å²) in [6.45, 7) is 1.88. The zero-order chi connectivity index (χ0) is 20.5. The monoisotopic (exact) mass is 454 g/mol. The van der Waals surface area contributed by atoms with E-state index in [1.54, 1.807) is 43.5 Å². The van der Waals surface area contributed by atoms with Gasteiger partial charge >= 0.3 is 0 Å². The molecule has 8 heteroatoms. The summed E-state index contributed by atoms with van der Waals surface area (Å²) in [6, 6.07) is 14.7. The van der Waals surface area contributed by atoms with E-state index in [9.17, 15) is 9.18 Å². The van der Waals surface area contributed by atoms with Gasteiger partial charge in [0, 0.05) is 11.3 Å². The van der Waals surface area contributed by atoms with Crippen molar-refractivity contribution in [2.24, 2.45) is 0 Å². The SMILES string of the molecule is COc1ccc(C(=O)Nc2cc3nn(-c4ccc(F)cc4)nc3cc2C)cc1Br. The molecule has 1 amide bonds. The van der Waals surface area contributed by atoms with Gasteiger partial charge in [0.25, 0.3) is 5.91 Å². The van der Waals surface area contributed by atoms with E-state index in [2.05, 4.69) is 31.4 Å². The first-order valence-corrected chi connectivity index (χ1v) is 9.52. The number of fused-ring (bicyclic) bond motifs is 1. The minimum atomic E-state index is -0.323. The molecule has 0 bridgehead atoms. The van der Waals surface area contributed by atoms with Crippen molar-refractivity contribution in [2.75, 3.05) is 12.4 Å². The second kappa shape index (κ2) is 7.63. The van der Waals surface area contributed by atoms with E-state index in [1.807, 2.05) is 13.0 Å². The third-order valence-corrected chi connectivity index (χ3v) is 5.07. The molecule has 6 nitrogen and oxygen atoms in total. The summed E-state index contributed by atoms with van der Waals surface area (Å²) in [5, 5.41) is 11.8.